The molecule has 0 unspecified atom stereocenters. The Hall–Kier alpha value is -1.26. The quantitative estimate of drug-likeness (QED) is 0.908. The Labute approximate surface area is 125 Å². The zero-order valence-corrected chi connectivity index (χ0v) is 12.3. The Bertz CT molecular complexity index is 513. The van der Waals surface area contributed by atoms with Gasteiger partial charge in [0.25, 0.3) is 0 Å². The summed E-state index contributed by atoms with van der Waals surface area (Å²) in [7, 11) is 0. The van der Waals surface area contributed by atoms with E-state index >= 15 is 0 Å². The van der Waals surface area contributed by atoms with Crippen molar-refractivity contribution in [1.29, 1.82) is 0 Å². The number of β-amino-alcohol motifs (C(OH)–C–C–N with tert-alkyl or cyclic N) is 1. The number of rotatable bonds is 2. The number of nitrogens with zero attached hydrogens (tertiary/aromatic N) is 1. The summed E-state index contributed by atoms with van der Waals surface area (Å²) in [5, 5.41) is 10.6. The van der Waals surface area contributed by atoms with Gasteiger partial charge in [0.15, 0.2) is 11.5 Å². The summed E-state index contributed by atoms with van der Waals surface area (Å²) >= 11 is 0. The van der Waals surface area contributed by atoms with Crippen LogP contribution in [0.15, 0.2) is 18.2 Å². The first kappa shape index (κ1) is 13.4. The predicted molar refractivity (Wildman–Crippen MR) is 79.8 cm³/mol. The third-order valence-corrected chi connectivity index (χ3v) is 5.28. The molecule has 2 fully saturated rings. The molecule has 0 amide bonds. The molecule has 2 aliphatic heterocycles. The maximum Gasteiger partial charge on any atom is 0.231 e. The highest BCUT2D eigenvalue weighted by atomic mass is 16.7. The number of hydrogen-bond donors (Lipinski definition) is 1. The molecule has 21 heavy (non-hydrogen) atoms. The van der Waals surface area contributed by atoms with Crippen LogP contribution in [0.4, 0.5) is 0 Å². The highest BCUT2D eigenvalue weighted by molar-refractivity contribution is 5.45. The lowest BCUT2D eigenvalue weighted by atomic mass is 9.86. The monoisotopic (exact) mass is 289 g/mol. The van der Waals surface area contributed by atoms with Gasteiger partial charge >= 0.3 is 0 Å². The number of ether oxygens (including phenoxy) is 2. The van der Waals surface area contributed by atoms with Crippen molar-refractivity contribution in [3.63, 3.8) is 0 Å². The summed E-state index contributed by atoms with van der Waals surface area (Å²) in [6.45, 7) is 2.21. The largest absolute Gasteiger partial charge is 0.454 e. The van der Waals surface area contributed by atoms with Crippen LogP contribution in [0.1, 0.15) is 43.6 Å². The zero-order chi connectivity index (χ0) is 14.2. The van der Waals surface area contributed by atoms with Crippen LogP contribution in [0.2, 0.25) is 0 Å². The normalized spacial score (nSPS) is 30.0. The van der Waals surface area contributed by atoms with Crippen LogP contribution in [-0.2, 0) is 0 Å². The van der Waals surface area contributed by atoms with Gasteiger partial charge in [0.2, 0.25) is 6.79 Å². The fraction of sp³-hybridized carbons (Fsp3) is 0.647. The van der Waals surface area contributed by atoms with Gasteiger partial charge in [-0.15, -0.1) is 0 Å². The summed E-state index contributed by atoms with van der Waals surface area (Å²) in [6, 6.07) is 6.79. The number of aliphatic hydroxyl groups excluding tert-OH is 1. The van der Waals surface area contributed by atoms with Crippen molar-refractivity contribution in [1.82, 2.24) is 4.90 Å². The minimum absolute atomic E-state index is 0.220. The van der Waals surface area contributed by atoms with Crippen LogP contribution < -0.4 is 9.47 Å². The maximum absolute atomic E-state index is 10.6. The molecule has 1 N–H and O–H groups in total. The van der Waals surface area contributed by atoms with Gasteiger partial charge < -0.3 is 14.6 Å². The Balaban J connectivity index is 1.47. The molecule has 4 heteroatoms. The third kappa shape index (κ3) is 2.51. The molecule has 1 aromatic rings. The Morgan fingerprint density at radius 3 is 2.67 bits per heavy atom. The molecule has 0 bridgehead atoms. The van der Waals surface area contributed by atoms with Gasteiger partial charge in [0.1, 0.15) is 0 Å². The first-order chi connectivity index (χ1) is 10.3. The molecule has 0 radical (unpaired) electrons. The topological polar surface area (TPSA) is 41.9 Å². The number of likely N-dealkylation sites (tertiary alicyclic amines) is 1. The predicted octanol–water partition coefficient (Wildman–Crippen LogP) is 2.51. The molecule has 1 saturated heterocycles. The highest BCUT2D eigenvalue weighted by Crippen LogP contribution is 2.38. The van der Waals surface area contributed by atoms with Gasteiger partial charge in [-0.1, -0.05) is 18.9 Å². The first-order valence-electron chi connectivity index (χ1n) is 8.13. The molecule has 2 heterocycles. The minimum atomic E-state index is -0.278. The van der Waals surface area contributed by atoms with E-state index in [4.69, 9.17) is 9.47 Å². The first-order valence-corrected chi connectivity index (χ1v) is 8.13. The number of aliphatic hydroxyl groups is 1. The SMILES string of the molecule is O[C@@H]1CN(C2CCCC2)CC[C@H]1c1ccc2c(c1)OCO2. The molecule has 1 aromatic carbocycles. The second-order valence-electron chi connectivity index (χ2n) is 6.51. The van der Waals surface area contributed by atoms with E-state index in [1.165, 1.54) is 31.2 Å². The number of piperidine rings is 1. The van der Waals surface area contributed by atoms with E-state index in [0.29, 0.717) is 12.8 Å². The average Bonchev–Trinajstić information content (AvgIpc) is 3.18. The lowest BCUT2D eigenvalue weighted by molar-refractivity contribution is 0.0309. The maximum atomic E-state index is 10.6. The van der Waals surface area contributed by atoms with Gasteiger partial charge in [0, 0.05) is 18.5 Å². The van der Waals surface area contributed by atoms with Gasteiger partial charge in [0.05, 0.1) is 6.10 Å². The summed E-state index contributed by atoms with van der Waals surface area (Å²) in [5.74, 6) is 1.85. The van der Waals surface area contributed by atoms with E-state index < -0.39 is 0 Å². The molecule has 0 aromatic heterocycles. The Morgan fingerprint density at radius 1 is 1.05 bits per heavy atom. The lowest BCUT2D eigenvalue weighted by Gasteiger charge is -2.39. The number of benzene rings is 1. The summed E-state index contributed by atoms with van der Waals surface area (Å²) in [4.78, 5) is 2.50. The van der Waals surface area contributed by atoms with Crippen molar-refractivity contribution in [2.45, 2.75) is 50.2 Å². The molecule has 4 nitrogen and oxygen atoms in total. The molecule has 4 rings (SSSR count). The number of fused-ring (bicyclic) bond motifs is 1. The van der Waals surface area contributed by atoms with Gasteiger partial charge in [-0.25, -0.2) is 0 Å². The van der Waals surface area contributed by atoms with Crippen molar-refractivity contribution in [2.24, 2.45) is 0 Å². The zero-order valence-electron chi connectivity index (χ0n) is 12.3. The molecule has 3 aliphatic rings. The van der Waals surface area contributed by atoms with Crippen LogP contribution in [-0.4, -0.2) is 42.0 Å². The molecule has 114 valence electrons. The molecule has 1 aliphatic carbocycles. The Morgan fingerprint density at radius 2 is 1.86 bits per heavy atom. The third-order valence-electron chi connectivity index (χ3n) is 5.28. The van der Waals surface area contributed by atoms with Gasteiger partial charge in [-0.05, 0) is 43.5 Å². The molecule has 2 atom stereocenters. The second kappa shape index (κ2) is 5.50. The van der Waals surface area contributed by atoms with Crippen molar-refractivity contribution in [3.05, 3.63) is 23.8 Å². The van der Waals surface area contributed by atoms with E-state index in [9.17, 15) is 5.11 Å². The fourth-order valence-electron chi connectivity index (χ4n) is 4.09. The van der Waals surface area contributed by atoms with Crippen LogP contribution >= 0.6 is 0 Å². The van der Waals surface area contributed by atoms with Crippen molar-refractivity contribution in [3.8, 4) is 11.5 Å². The van der Waals surface area contributed by atoms with E-state index in [1.807, 2.05) is 12.1 Å². The highest BCUT2D eigenvalue weighted by Gasteiger charge is 2.33. The summed E-state index contributed by atoms with van der Waals surface area (Å²) in [5.41, 5.74) is 1.18. The summed E-state index contributed by atoms with van der Waals surface area (Å²) in [6.07, 6.45) is 6.06. The van der Waals surface area contributed by atoms with Crippen molar-refractivity contribution in [2.75, 3.05) is 19.9 Å². The summed E-state index contributed by atoms with van der Waals surface area (Å²) < 4.78 is 10.8. The standard InChI is InChI=1S/C17H23NO3/c19-15-10-18(13-3-1-2-4-13)8-7-14(15)12-5-6-16-17(9-12)21-11-20-16/h5-6,9,13-15,19H,1-4,7-8,10-11H2/t14-,15+/m0/s1. The number of hydrogen-bond acceptors (Lipinski definition) is 4. The van der Waals surface area contributed by atoms with Crippen LogP contribution in [0.25, 0.3) is 0 Å². The molecular formula is C17H23NO3. The van der Waals surface area contributed by atoms with E-state index in [-0.39, 0.29) is 12.0 Å². The van der Waals surface area contributed by atoms with Crippen LogP contribution in [0.5, 0.6) is 11.5 Å². The second-order valence-corrected chi connectivity index (χ2v) is 6.51. The van der Waals surface area contributed by atoms with Gasteiger partial charge in [-0.3, -0.25) is 4.90 Å². The molecular weight excluding hydrogens is 266 g/mol. The minimum Gasteiger partial charge on any atom is -0.454 e. The smallest absolute Gasteiger partial charge is 0.231 e. The van der Waals surface area contributed by atoms with Crippen molar-refractivity contribution >= 4 is 0 Å². The molecule has 1 saturated carbocycles. The van der Waals surface area contributed by atoms with Crippen LogP contribution in [0, 0.1) is 0 Å². The lowest BCUT2D eigenvalue weighted by Crippen LogP contribution is -2.46. The average molecular weight is 289 g/mol. The van der Waals surface area contributed by atoms with E-state index in [0.717, 1.165) is 31.0 Å². The van der Waals surface area contributed by atoms with E-state index in [1.54, 1.807) is 0 Å². The Kier molecular flexibility index (Phi) is 3.51. The van der Waals surface area contributed by atoms with E-state index in [2.05, 4.69) is 11.0 Å². The van der Waals surface area contributed by atoms with Gasteiger partial charge in [-0.2, -0.15) is 0 Å². The van der Waals surface area contributed by atoms with Crippen LogP contribution in [0.3, 0.4) is 0 Å². The van der Waals surface area contributed by atoms with Crippen molar-refractivity contribution < 1.29 is 14.6 Å². The fourth-order valence-corrected chi connectivity index (χ4v) is 4.09. The molecule has 0 spiro atoms.